The first-order valence-electron chi connectivity index (χ1n) is 9.64. The van der Waals surface area contributed by atoms with Gasteiger partial charge in [0.15, 0.2) is 0 Å². The molecule has 2 aliphatic heterocycles. The number of hydrogen-bond donors (Lipinski definition) is 1. The largest absolute Gasteiger partial charge is 0.381 e. The molecule has 7 heteroatoms. The molecule has 0 saturated carbocycles. The molecule has 2 fully saturated rings. The second kappa shape index (κ2) is 7.14. The molecule has 0 bridgehead atoms. The van der Waals surface area contributed by atoms with Gasteiger partial charge in [-0.2, -0.15) is 0 Å². The third-order valence-corrected chi connectivity index (χ3v) is 6.75. The van der Waals surface area contributed by atoms with Crippen molar-refractivity contribution in [1.82, 2.24) is 15.3 Å². The van der Waals surface area contributed by atoms with Crippen LogP contribution in [0, 0.1) is 0 Å². The standard InChI is InChI=1S/C21H22N4O2S/c26-20(21(7-9-27-10-8-21)15-4-2-1-3-5-15)24-16-12-25(13-16)19-18-17(6-11-28-18)22-14-23-19/h1-6,11,14,16H,7-10,12-13H2,(H,24,26). The molecule has 1 aromatic carbocycles. The first kappa shape index (κ1) is 17.6. The van der Waals surface area contributed by atoms with E-state index >= 15 is 0 Å². The van der Waals surface area contributed by atoms with Crippen LogP contribution in [0.4, 0.5) is 5.82 Å². The molecule has 144 valence electrons. The minimum absolute atomic E-state index is 0.121. The summed E-state index contributed by atoms with van der Waals surface area (Å²) in [5.74, 6) is 1.09. The summed E-state index contributed by atoms with van der Waals surface area (Å²) >= 11 is 1.66. The predicted octanol–water partition coefficient (Wildman–Crippen LogP) is 2.74. The number of rotatable bonds is 4. The lowest BCUT2D eigenvalue weighted by Gasteiger charge is -2.43. The normalized spacial score (nSPS) is 19.4. The maximum absolute atomic E-state index is 13.3. The Morgan fingerprint density at radius 1 is 1.14 bits per heavy atom. The Morgan fingerprint density at radius 2 is 1.93 bits per heavy atom. The first-order chi connectivity index (χ1) is 13.8. The van der Waals surface area contributed by atoms with Crippen LogP contribution in [-0.2, 0) is 14.9 Å². The van der Waals surface area contributed by atoms with E-state index < -0.39 is 5.41 Å². The number of nitrogens with zero attached hydrogens (tertiary/aromatic N) is 3. The number of nitrogens with one attached hydrogen (secondary N) is 1. The number of amides is 1. The van der Waals surface area contributed by atoms with Crippen LogP contribution < -0.4 is 10.2 Å². The number of hydrogen-bond acceptors (Lipinski definition) is 6. The Balaban J connectivity index is 1.30. The number of aromatic nitrogens is 2. The van der Waals surface area contributed by atoms with Gasteiger partial charge in [-0.15, -0.1) is 11.3 Å². The summed E-state index contributed by atoms with van der Waals surface area (Å²) in [6, 6.07) is 12.3. The SMILES string of the molecule is O=C(NC1CN(c2ncnc3ccsc23)C1)C1(c2ccccc2)CCOCC1. The van der Waals surface area contributed by atoms with E-state index in [0.29, 0.717) is 13.2 Å². The van der Waals surface area contributed by atoms with Crippen LogP contribution in [-0.4, -0.2) is 48.2 Å². The molecular weight excluding hydrogens is 372 g/mol. The molecule has 1 N–H and O–H groups in total. The molecule has 6 nitrogen and oxygen atoms in total. The maximum Gasteiger partial charge on any atom is 0.231 e. The van der Waals surface area contributed by atoms with Crippen LogP contribution in [0.2, 0.25) is 0 Å². The number of benzene rings is 1. The average molecular weight is 395 g/mol. The fraction of sp³-hybridized carbons (Fsp3) is 0.381. The van der Waals surface area contributed by atoms with E-state index in [-0.39, 0.29) is 11.9 Å². The zero-order valence-corrected chi connectivity index (χ0v) is 16.3. The molecule has 2 aromatic heterocycles. The Labute approximate surface area is 167 Å². The third kappa shape index (κ3) is 2.95. The highest BCUT2D eigenvalue weighted by Gasteiger charge is 2.43. The monoisotopic (exact) mass is 394 g/mol. The molecule has 2 aliphatic rings. The van der Waals surface area contributed by atoms with Gasteiger partial charge in [0, 0.05) is 26.3 Å². The smallest absolute Gasteiger partial charge is 0.231 e. The zero-order valence-electron chi connectivity index (χ0n) is 15.5. The number of ether oxygens (including phenoxy) is 1. The van der Waals surface area contributed by atoms with Crippen molar-refractivity contribution in [2.24, 2.45) is 0 Å². The number of carbonyl (C=O) groups excluding carboxylic acids is 1. The number of fused-ring (bicyclic) bond motifs is 1. The quantitative estimate of drug-likeness (QED) is 0.737. The van der Waals surface area contributed by atoms with Crippen molar-refractivity contribution in [3.8, 4) is 0 Å². The van der Waals surface area contributed by atoms with Crippen molar-refractivity contribution in [1.29, 1.82) is 0 Å². The van der Waals surface area contributed by atoms with Crippen LogP contribution in [0.1, 0.15) is 18.4 Å². The highest BCUT2D eigenvalue weighted by molar-refractivity contribution is 7.17. The predicted molar refractivity (Wildman–Crippen MR) is 110 cm³/mol. The summed E-state index contributed by atoms with van der Waals surface area (Å²) in [6.07, 6.45) is 3.06. The molecule has 0 aliphatic carbocycles. The molecule has 5 rings (SSSR count). The van der Waals surface area contributed by atoms with E-state index in [1.165, 1.54) is 0 Å². The Bertz CT molecular complexity index is 978. The lowest BCUT2D eigenvalue weighted by atomic mass is 9.73. The Hall–Kier alpha value is -2.51. The van der Waals surface area contributed by atoms with Crippen molar-refractivity contribution < 1.29 is 9.53 Å². The van der Waals surface area contributed by atoms with Crippen molar-refractivity contribution in [2.75, 3.05) is 31.2 Å². The summed E-state index contributed by atoms with van der Waals surface area (Å²) in [5, 5.41) is 5.33. The molecule has 4 heterocycles. The zero-order chi connectivity index (χ0) is 19.0. The second-order valence-electron chi connectivity index (χ2n) is 7.47. The van der Waals surface area contributed by atoms with Gasteiger partial charge < -0.3 is 15.0 Å². The average Bonchev–Trinajstić information content (AvgIpc) is 3.20. The van der Waals surface area contributed by atoms with Crippen LogP contribution in [0.25, 0.3) is 10.2 Å². The van der Waals surface area contributed by atoms with Gasteiger partial charge in [-0.1, -0.05) is 30.3 Å². The summed E-state index contributed by atoms with van der Waals surface area (Å²) in [5.41, 5.74) is 1.58. The van der Waals surface area contributed by atoms with Gasteiger partial charge in [0.2, 0.25) is 5.91 Å². The van der Waals surface area contributed by atoms with Crippen LogP contribution in [0.3, 0.4) is 0 Å². The molecule has 0 atom stereocenters. The Kier molecular flexibility index (Phi) is 4.49. The number of anilines is 1. The molecule has 0 spiro atoms. The third-order valence-electron chi connectivity index (χ3n) is 5.85. The van der Waals surface area contributed by atoms with Gasteiger partial charge in [0.05, 0.1) is 21.7 Å². The van der Waals surface area contributed by atoms with Crippen LogP contribution in [0.5, 0.6) is 0 Å². The van der Waals surface area contributed by atoms with Crippen LogP contribution >= 0.6 is 11.3 Å². The molecule has 0 unspecified atom stereocenters. The molecule has 1 amide bonds. The van der Waals surface area contributed by atoms with E-state index in [9.17, 15) is 4.79 Å². The number of carbonyl (C=O) groups is 1. The highest BCUT2D eigenvalue weighted by Crippen LogP contribution is 2.36. The topological polar surface area (TPSA) is 67.4 Å². The molecule has 28 heavy (non-hydrogen) atoms. The Morgan fingerprint density at radius 3 is 2.71 bits per heavy atom. The van der Waals surface area contributed by atoms with E-state index in [1.807, 2.05) is 29.6 Å². The minimum Gasteiger partial charge on any atom is -0.381 e. The number of thiophene rings is 1. The molecule has 0 radical (unpaired) electrons. The van der Waals surface area contributed by atoms with Crippen molar-refractivity contribution in [2.45, 2.75) is 24.3 Å². The van der Waals surface area contributed by atoms with E-state index in [1.54, 1.807) is 17.7 Å². The summed E-state index contributed by atoms with van der Waals surface area (Å²) in [6.45, 7) is 2.79. The first-order valence-corrected chi connectivity index (χ1v) is 10.5. The van der Waals surface area contributed by atoms with Gasteiger partial charge in [-0.3, -0.25) is 4.79 Å². The molecular formula is C21H22N4O2S. The van der Waals surface area contributed by atoms with Gasteiger partial charge >= 0.3 is 0 Å². The van der Waals surface area contributed by atoms with Crippen molar-refractivity contribution in [3.63, 3.8) is 0 Å². The minimum atomic E-state index is -0.490. The summed E-state index contributed by atoms with van der Waals surface area (Å²) in [4.78, 5) is 24.3. The van der Waals surface area contributed by atoms with Gasteiger partial charge in [0.25, 0.3) is 0 Å². The van der Waals surface area contributed by atoms with E-state index in [2.05, 4.69) is 32.3 Å². The van der Waals surface area contributed by atoms with Crippen LogP contribution in [0.15, 0.2) is 48.1 Å². The lowest BCUT2D eigenvalue weighted by Crippen LogP contribution is -2.63. The highest BCUT2D eigenvalue weighted by atomic mass is 32.1. The maximum atomic E-state index is 13.3. The van der Waals surface area contributed by atoms with Gasteiger partial charge in [-0.05, 0) is 29.9 Å². The molecule has 3 aromatic rings. The van der Waals surface area contributed by atoms with E-state index in [4.69, 9.17) is 4.74 Å². The van der Waals surface area contributed by atoms with Gasteiger partial charge in [0.1, 0.15) is 12.1 Å². The van der Waals surface area contributed by atoms with E-state index in [0.717, 1.165) is 47.5 Å². The summed E-state index contributed by atoms with van der Waals surface area (Å²) in [7, 11) is 0. The molecule has 2 saturated heterocycles. The van der Waals surface area contributed by atoms with Crippen molar-refractivity contribution in [3.05, 3.63) is 53.7 Å². The summed E-state index contributed by atoms with van der Waals surface area (Å²) < 4.78 is 6.66. The van der Waals surface area contributed by atoms with Crippen molar-refractivity contribution >= 4 is 33.3 Å². The van der Waals surface area contributed by atoms with Gasteiger partial charge in [-0.25, -0.2) is 9.97 Å². The fourth-order valence-corrected chi connectivity index (χ4v) is 5.05. The lowest BCUT2D eigenvalue weighted by molar-refractivity contribution is -0.131. The fourth-order valence-electron chi connectivity index (χ4n) is 4.19. The second-order valence-corrected chi connectivity index (χ2v) is 8.38.